The predicted molar refractivity (Wildman–Crippen MR) is 83.9 cm³/mol. The topological polar surface area (TPSA) is 75.6 Å². The first-order valence-electron chi connectivity index (χ1n) is 6.63. The van der Waals surface area contributed by atoms with Crippen LogP contribution >= 0.6 is 11.6 Å². The SMILES string of the molecule is CC(C)(C)OC(=O)NCC#Cc1ccc(CC(=O)O)c(Cl)c1. The molecule has 2 N–H and O–H groups in total. The van der Waals surface area contributed by atoms with E-state index in [0.29, 0.717) is 16.1 Å². The number of hydrogen-bond donors (Lipinski definition) is 2. The zero-order chi connectivity index (χ0) is 16.8. The summed E-state index contributed by atoms with van der Waals surface area (Å²) in [5, 5.41) is 11.6. The van der Waals surface area contributed by atoms with Gasteiger partial charge in [0.25, 0.3) is 0 Å². The molecule has 0 spiro atoms. The van der Waals surface area contributed by atoms with Crippen molar-refractivity contribution >= 4 is 23.7 Å². The molecule has 6 heteroatoms. The lowest BCUT2D eigenvalue weighted by Crippen LogP contribution is -2.32. The van der Waals surface area contributed by atoms with E-state index in [2.05, 4.69) is 17.2 Å². The van der Waals surface area contributed by atoms with Crippen molar-refractivity contribution in [2.75, 3.05) is 6.54 Å². The molecule has 1 rings (SSSR count). The van der Waals surface area contributed by atoms with Gasteiger partial charge in [0.1, 0.15) is 5.60 Å². The normalized spacial score (nSPS) is 10.4. The smallest absolute Gasteiger partial charge is 0.408 e. The molecule has 0 saturated carbocycles. The molecule has 0 heterocycles. The van der Waals surface area contributed by atoms with Crippen molar-refractivity contribution < 1.29 is 19.4 Å². The van der Waals surface area contributed by atoms with Crippen LogP contribution < -0.4 is 5.32 Å². The van der Waals surface area contributed by atoms with Gasteiger partial charge in [0, 0.05) is 10.6 Å². The average Bonchev–Trinajstić information content (AvgIpc) is 2.35. The number of halogens is 1. The molecule has 1 aromatic rings. The molecular formula is C16H18ClNO4. The number of aliphatic carboxylic acids is 1. The van der Waals surface area contributed by atoms with Crippen LogP contribution in [0.1, 0.15) is 31.9 Å². The molecule has 0 atom stereocenters. The summed E-state index contributed by atoms with van der Waals surface area (Å²) in [5.74, 6) is 4.66. The number of ether oxygens (including phenoxy) is 1. The van der Waals surface area contributed by atoms with Crippen LogP contribution in [0.25, 0.3) is 0 Å². The van der Waals surface area contributed by atoms with Gasteiger partial charge >= 0.3 is 12.1 Å². The van der Waals surface area contributed by atoms with Gasteiger partial charge in [-0.05, 0) is 38.5 Å². The molecule has 0 aliphatic heterocycles. The molecule has 0 bridgehead atoms. The molecule has 0 saturated heterocycles. The van der Waals surface area contributed by atoms with Gasteiger partial charge in [-0.2, -0.15) is 0 Å². The van der Waals surface area contributed by atoms with E-state index in [0.717, 1.165) is 0 Å². The van der Waals surface area contributed by atoms with E-state index >= 15 is 0 Å². The van der Waals surface area contributed by atoms with Crippen molar-refractivity contribution in [1.82, 2.24) is 5.32 Å². The molecule has 5 nitrogen and oxygen atoms in total. The predicted octanol–water partition coefficient (Wildman–Crippen LogP) is 2.84. The fraction of sp³-hybridized carbons (Fsp3) is 0.375. The first-order valence-corrected chi connectivity index (χ1v) is 7.01. The van der Waals surface area contributed by atoms with Crippen LogP contribution in [-0.4, -0.2) is 29.3 Å². The number of carboxylic acid groups (broad SMARTS) is 1. The van der Waals surface area contributed by atoms with Crippen molar-refractivity contribution in [3.63, 3.8) is 0 Å². The Morgan fingerprint density at radius 1 is 1.36 bits per heavy atom. The van der Waals surface area contributed by atoms with E-state index < -0.39 is 17.7 Å². The van der Waals surface area contributed by atoms with E-state index in [4.69, 9.17) is 21.4 Å². The molecule has 0 aliphatic rings. The summed E-state index contributed by atoms with van der Waals surface area (Å²) in [6.45, 7) is 5.47. The second-order valence-electron chi connectivity index (χ2n) is 5.53. The van der Waals surface area contributed by atoms with Crippen molar-refractivity contribution in [2.24, 2.45) is 0 Å². The molecule has 0 aromatic heterocycles. The highest BCUT2D eigenvalue weighted by atomic mass is 35.5. The Balaban J connectivity index is 2.57. The molecule has 0 radical (unpaired) electrons. The maximum absolute atomic E-state index is 11.4. The van der Waals surface area contributed by atoms with Gasteiger partial charge < -0.3 is 15.2 Å². The third-order valence-corrected chi connectivity index (χ3v) is 2.70. The molecule has 22 heavy (non-hydrogen) atoms. The lowest BCUT2D eigenvalue weighted by molar-refractivity contribution is -0.136. The van der Waals surface area contributed by atoms with Crippen LogP contribution in [0.3, 0.4) is 0 Å². The maximum Gasteiger partial charge on any atom is 0.408 e. The Labute approximate surface area is 134 Å². The van der Waals surface area contributed by atoms with Crippen molar-refractivity contribution in [3.05, 3.63) is 34.3 Å². The number of alkyl carbamates (subject to hydrolysis) is 1. The molecule has 118 valence electrons. The number of carbonyl (C=O) groups is 2. The van der Waals surface area contributed by atoms with Crippen LogP contribution in [0.5, 0.6) is 0 Å². The summed E-state index contributed by atoms with van der Waals surface area (Å²) in [6.07, 6.45) is -0.663. The highest BCUT2D eigenvalue weighted by Crippen LogP contribution is 2.18. The highest BCUT2D eigenvalue weighted by Gasteiger charge is 2.15. The van der Waals surface area contributed by atoms with Crippen LogP contribution in [0, 0.1) is 11.8 Å². The summed E-state index contributed by atoms with van der Waals surface area (Å²) in [5.41, 5.74) is 0.627. The zero-order valence-corrected chi connectivity index (χ0v) is 13.5. The summed E-state index contributed by atoms with van der Waals surface area (Å²) in [4.78, 5) is 22.0. The van der Waals surface area contributed by atoms with Crippen molar-refractivity contribution in [2.45, 2.75) is 32.8 Å². The largest absolute Gasteiger partial charge is 0.481 e. The van der Waals surface area contributed by atoms with E-state index in [1.54, 1.807) is 39.0 Å². The summed E-state index contributed by atoms with van der Waals surface area (Å²) in [6, 6.07) is 4.91. The van der Waals surface area contributed by atoms with Gasteiger partial charge in [0.2, 0.25) is 0 Å². The van der Waals surface area contributed by atoms with E-state index in [1.807, 2.05) is 0 Å². The first-order chi connectivity index (χ1) is 10.2. The third-order valence-electron chi connectivity index (χ3n) is 2.35. The number of nitrogens with one attached hydrogen (secondary N) is 1. The van der Waals surface area contributed by atoms with Gasteiger partial charge in [0.15, 0.2) is 0 Å². The Kier molecular flexibility index (Phi) is 6.26. The molecule has 0 fully saturated rings. The fourth-order valence-corrected chi connectivity index (χ4v) is 1.76. The van der Waals surface area contributed by atoms with Gasteiger partial charge in [-0.25, -0.2) is 4.79 Å². The molecule has 1 aromatic carbocycles. The Bertz CT molecular complexity index is 623. The van der Waals surface area contributed by atoms with E-state index in [1.165, 1.54) is 0 Å². The minimum absolute atomic E-state index is 0.132. The van der Waals surface area contributed by atoms with Gasteiger partial charge in [-0.1, -0.05) is 29.5 Å². The van der Waals surface area contributed by atoms with Gasteiger partial charge in [-0.3, -0.25) is 4.79 Å². The van der Waals surface area contributed by atoms with Crippen LogP contribution in [0.2, 0.25) is 5.02 Å². The minimum Gasteiger partial charge on any atom is -0.481 e. The number of hydrogen-bond acceptors (Lipinski definition) is 3. The van der Waals surface area contributed by atoms with Gasteiger partial charge in [-0.15, -0.1) is 0 Å². The summed E-state index contributed by atoms with van der Waals surface area (Å²) in [7, 11) is 0. The van der Waals surface area contributed by atoms with E-state index in [9.17, 15) is 9.59 Å². The number of benzene rings is 1. The summed E-state index contributed by atoms with van der Waals surface area (Å²) >= 11 is 5.99. The fourth-order valence-electron chi connectivity index (χ4n) is 1.51. The molecule has 0 aliphatic carbocycles. The molecule has 0 unspecified atom stereocenters. The number of carboxylic acids is 1. The van der Waals surface area contributed by atoms with Crippen LogP contribution in [0.15, 0.2) is 18.2 Å². The Morgan fingerprint density at radius 3 is 2.59 bits per heavy atom. The standard InChI is InChI=1S/C16H18ClNO4/c1-16(2,3)22-15(21)18-8-4-5-11-6-7-12(10-14(19)20)13(17)9-11/h6-7,9H,8,10H2,1-3H3,(H,18,21)(H,19,20). The van der Waals surface area contributed by atoms with Crippen molar-refractivity contribution in [3.8, 4) is 11.8 Å². The van der Waals surface area contributed by atoms with Crippen molar-refractivity contribution in [1.29, 1.82) is 0 Å². The van der Waals surface area contributed by atoms with Crippen LogP contribution in [-0.2, 0) is 16.0 Å². The Morgan fingerprint density at radius 2 is 2.05 bits per heavy atom. The lowest BCUT2D eigenvalue weighted by Gasteiger charge is -2.18. The highest BCUT2D eigenvalue weighted by molar-refractivity contribution is 6.31. The number of rotatable bonds is 3. The van der Waals surface area contributed by atoms with E-state index in [-0.39, 0.29) is 13.0 Å². The second-order valence-corrected chi connectivity index (χ2v) is 5.94. The minimum atomic E-state index is -0.942. The zero-order valence-electron chi connectivity index (χ0n) is 12.7. The first kappa shape index (κ1) is 17.9. The molecule has 1 amide bonds. The number of carbonyl (C=O) groups excluding carboxylic acids is 1. The Hall–Kier alpha value is -2.19. The lowest BCUT2D eigenvalue weighted by atomic mass is 10.1. The summed E-state index contributed by atoms with van der Waals surface area (Å²) < 4.78 is 5.07. The van der Waals surface area contributed by atoms with Gasteiger partial charge in [0.05, 0.1) is 13.0 Å². The number of amides is 1. The van der Waals surface area contributed by atoms with Crippen LogP contribution in [0.4, 0.5) is 4.79 Å². The maximum atomic E-state index is 11.4. The molecular weight excluding hydrogens is 306 g/mol. The second kappa shape index (κ2) is 7.71. The quantitative estimate of drug-likeness (QED) is 0.839. The monoisotopic (exact) mass is 323 g/mol. The average molecular weight is 324 g/mol. The third kappa shape index (κ3) is 7.00.